The van der Waals surface area contributed by atoms with E-state index in [1.807, 2.05) is 48.5 Å². The van der Waals surface area contributed by atoms with Gasteiger partial charge in [-0.15, -0.1) is 0 Å². The Labute approximate surface area is 178 Å². The highest BCUT2D eigenvalue weighted by Gasteiger charge is 2.43. The molecule has 0 heterocycles. The minimum atomic E-state index is -4.54. The van der Waals surface area contributed by atoms with Crippen LogP contribution in [-0.4, -0.2) is 12.5 Å². The van der Waals surface area contributed by atoms with E-state index in [4.69, 9.17) is 4.74 Å². The first-order valence-electron chi connectivity index (χ1n) is 9.79. The Hall–Kier alpha value is -3.22. The number of halogens is 4. The second-order valence-electron chi connectivity index (χ2n) is 7.29. The maximum absolute atomic E-state index is 13.1. The molecule has 1 N–H and O–H groups in total. The summed E-state index contributed by atoms with van der Waals surface area (Å²) >= 11 is 0. The van der Waals surface area contributed by atoms with Crippen LogP contribution in [0, 0.1) is 0 Å². The number of rotatable bonds is 9. The maximum Gasteiger partial charge on any atom is 0.461 e. The molecule has 3 rings (SSSR count). The average Bonchev–Trinajstić information content (AvgIpc) is 2.73. The zero-order chi connectivity index (χ0) is 22.4. The molecule has 0 amide bonds. The van der Waals surface area contributed by atoms with Crippen LogP contribution in [0.2, 0.25) is 0 Å². The quantitative estimate of drug-likeness (QED) is 0.356. The van der Waals surface area contributed by atoms with Crippen molar-refractivity contribution in [1.82, 2.24) is 0 Å². The number of nitrogens with one attached hydrogen (secondary N) is 1. The molecule has 0 saturated heterocycles. The zero-order valence-corrected chi connectivity index (χ0v) is 17.1. The number of alkyl halides is 4. The van der Waals surface area contributed by atoms with E-state index in [1.165, 1.54) is 18.2 Å². The lowest BCUT2D eigenvalue weighted by atomic mass is 10.0. The van der Waals surface area contributed by atoms with Gasteiger partial charge in [0.25, 0.3) is 0 Å². The third kappa shape index (κ3) is 6.13. The Balaban J connectivity index is 1.67. The van der Waals surface area contributed by atoms with E-state index in [1.54, 1.807) is 6.07 Å². The number of ether oxygens (including phenoxy) is 2. The van der Waals surface area contributed by atoms with E-state index in [0.29, 0.717) is 17.2 Å². The molecule has 0 atom stereocenters. The summed E-state index contributed by atoms with van der Waals surface area (Å²) in [6.45, 7) is 4.47. The molecule has 164 valence electrons. The summed E-state index contributed by atoms with van der Waals surface area (Å²) in [5, 5.41) is 3.17. The Bertz CT molecular complexity index is 1010. The fourth-order valence-electron chi connectivity index (χ4n) is 2.97. The van der Waals surface area contributed by atoms with Crippen molar-refractivity contribution >= 4 is 5.69 Å². The number of anilines is 1. The fourth-order valence-corrected chi connectivity index (χ4v) is 2.97. The molecule has 0 saturated carbocycles. The zero-order valence-electron chi connectivity index (χ0n) is 17.1. The fraction of sp³-hybridized carbons (Fsp3) is 0.250. The van der Waals surface area contributed by atoms with Gasteiger partial charge in [-0.25, -0.2) is 0 Å². The summed E-state index contributed by atoms with van der Waals surface area (Å²) in [5.74, 6) is 1.41. The molecule has 0 aromatic heterocycles. The lowest BCUT2D eigenvalue weighted by Gasteiger charge is -2.17. The minimum absolute atomic E-state index is 0.281. The van der Waals surface area contributed by atoms with E-state index < -0.39 is 12.5 Å². The molecule has 7 heteroatoms. The molecule has 3 aromatic carbocycles. The van der Waals surface area contributed by atoms with E-state index >= 15 is 0 Å². The van der Waals surface area contributed by atoms with Gasteiger partial charge in [0.15, 0.2) is 0 Å². The van der Waals surface area contributed by atoms with Gasteiger partial charge in [-0.3, -0.25) is 0 Å². The summed E-state index contributed by atoms with van der Waals surface area (Å²) < 4.78 is 61.1. The van der Waals surface area contributed by atoms with Crippen LogP contribution < -0.4 is 14.8 Å². The number of hydrogen-bond acceptors (Lipinski definition) is 3. The number of benzene rings is 3. The van der Waals surface area contributed by atoms with Crippen LogP contribution in [-0.2, 0) is 6.54 Å². The van der Waals surface area contributed by atoms with Gasteiger partial charge in [-0.2, -0.15) is 17.6 Å². The molecular weight excluding hydrogens is 410 g/mol. The summed E-state index contributed by atoms with van der Waals surface area (Å²) in [6.07, 6.45) is -8.44. The molecule has 0 aliphatic rings. The van der Waals surface area contributed by atoms with Gasteiger partial charge in [0.05, 0.1) is 0 Å². The second-order valence-corrected chi connectivity index (χ2v) is 7.29. The molecule has 0 spiro atoms. The highest BCUT2D eigenvalue weighted by molar-refractivity contribution is 5.50. The molecule has 3 nitrogen and oxygen atoms in total. The van der Waals surface area contributed by atoms with Crippen molar-refractivity contribution in [2.45, 2.75) is 38.8 Å². The third-order valence-electron chi connectivity index (χ3n) is 4.51. The molecule has 0 aliphatic heterocycles. The van der Waals surface area contributed by atoms with Crippen LogP contribution in [0.15, 0.2) is 72.8 Å². The highest BCUT2D eigenvalue weighted by atomic mass is 19.3. The Kier molecular flexibility index (Phi) is 7.05. The van der Waals surface area contributed by atoms with Crippen molar-refractivity contribution in [3.05, 3.63) is 83.9 Å². The van der Waals surface area contributed by atoms with Crippen LogP contribution in [0.4, 0.5) is 23.2 Å². The Morgan fingerprint density at radius 1 is 0.871 bits per heavy atom. The van der Waals surface area contributed by atoms with E-state index in [2.05, 4.69) is 23.9 Å². The van der Waals surface area contributed by atoms with E-state index in [0.717, 1.165) is 17.0 Å². The van der Waals surface area contributed by atoms with Gasteiger partial charge in [0.1, 0.15) is 17.2 Å². The number of para-hydroxylation sites is 1. The van der Waals surface area contributed by atoms with Gasteiger partial charge >= 0.3 is 12.5 Å². The average molecular weight is 433 g/mol. The third-order valence-corrected chi connectivity index (χ3v) is 4.51. The van der Waals surface area contributed by atoms with Crippen LogP contribution in [0.3, 0.4) is 0 Å². The highest BCUT2D eigenvalue weighted by Crippen LogP contribution is 2.32. The Morgan fingerprint density at radius 3 is 2.32 bits per heavy atom. The molecule has 0 bridgehead atoms. The number of hydrogen-bond donors (Lipinski definition) is 1. The Morgan fingerprint density at radius 2 is 1.58 bits per heavy atom. The van der Waals surface area contributed by atoms with Gasteiger partial charge in [0.2, 0.25) is 0 Å². The van der Waals surface area contributed by atoms with E-state index in [-0.39, 0.29) is 12.3 Å². The largest absolute Gasteiger partial charge is 0.461 e. The first kappa shape index (κ1) is 22.5. The van der Waals surface area contributed by atoms with Crippen LogP contribution in [0.25, 0.3) is 0 Å². The molecular formula is C24H23F4NO2. The van der Waals surface area contributed by atoms with Crippen LogP contribution >= 0.6 is 0 Å². The first-order chi connectivity index (χ1) is 14.7. The standard InChI is InChI=1S/C24H23F4NO2/c1-16(2)21-11-3-4-12-22(21)30-19-9-6-8-18(14-19)29-15-17-7-5-10-20(13-17)31-24(27,28)23(25)26/h3-14,16,23,29H,15H2,1-2H3. The normalized spacial score (nSPS) is 11.6. The second kappa shape index (κ2) is 9.73. The molecule has 0 aliphatic carbocycles. The summed E-state index contributed by atoms with van der Waals surface area (Å²) in [4.78, 5) is 0. The predicted octanol–water partition coefficient (Wildman–Crippen LogP) is 7.45. The van der Waals surface area contributed by atoms with Crippen LogP contribution in [0.1, 0.15) is 30.9 Å². The molecule has 31 heavy (non-hydrogen) atoms. The summed E-state index contributed by atoms with van der Waals surface area (Å²) in [7, 11) is 0. The lowest BCUT2D eigenvalue weighted by Crippen LogP contribution is -2.33. The summed E-state index contributed by atoms with van der Waals surface area (Å²) in [5.41, 5.74) is 2.45. The lowest BCUT2D eigenvalue weighted by molar-refractivity contribution is -0.253. The SMILES string of the molecule is CC(C)c1ccccc1Oc1cccc(NCc2cccc(OC(F)(F)C(F)F)c2)c1. The van der Waals surface area contributed by atoms with Crippen molar-refractivity contribution in [2.75, 3.05) is 5.32 Å². The maximum atomic E-state index is 13.1. The van der Waals surface area contributed by atoms with Crippen LogP contribution in [0.5, 0.6) is 17.2 Å². The van der Waals surface area contributed by atoms with Crippen molar-refractivity contribution < 1.29 is 27.0 Å². The van der Waals surface area contributed by atoms with Gasteiger partial charge in [-0.1, -0.05) is 50.2 Å². The van der Waals surface area contributed by atoms with Gasteiger partial charge in [0, 0.05) is 18.3 Å². The van der Waals surface area contributed by atoms with Crippen molar-refractivity contribution in [1.29, 1.82) is 0 Å². The van der Waals surface area contributed by atoms with Crippen molar-refractivity contribution in [3.8, 4) is 17.2 Å². The minimum Gasteiger partial charge on any atom is -0.457 e. The van der Waals surface area contributed by atoms with Crippen molar-refractivity contribution in [3.63, 3.8) is 0 Å². The first-order valence-corrected chi connectivity index (χ1v) is 9.79. The molecule has 0 unspecified atom stereocenters. The predicted molar refractivity (Wildman–Crippen MR) is 112 cm³/mol. The monoisotopic (exact) mass is 433 g/mol. The molecule has 3 aromatic rings. The van der Waals surface area contributed by atoms with Crippen molar-refractivity contribution in [2.24, 2.45) is 0 Å². The van der Waals surface area contributed by atoms with E-state index in [9.17, 15) is 17.6 Å². The van der Waals surface area contributed by atoms with Gasteiger partial charge in [-0.05, 0) is 47.4 Å². The smallest absolute Gasteiger partial charge is 0.457 e. The molecule has 0 radical (unpaired) electrons. The van der Waals surface area contributed by atoms with Gasteiger partial charge < -0.3 is 14.8 Å². The molecule has 0 fully saturated rings. The summed E-state index contributed by atoms with van der Waals surface area (Å²) in [6, 6.07) is 20.8. The topological polar surface area (TPSA) is 30.5 Å².